The van der Waals surface area contributed by atoms with E-state index in [2.05, 4.69) is 12.0 Å². The van der Waals surface area contributed by atoms with Crippen molar-refractivity contribution in [2.75, 3.05) is 0 Å². The molecule has 0 saturated heterocycles. The number of nitrogens with zero attached hydrogens (tertiary/aromatic N) is 3. The van der Waals surface area contributed by atoms with E-state index >= 15 is 0 Å². The van der Waals surface area contributed by atoms with Crippen molar-refractivity contribution in [1.29, 1.82) is 0 Å². The SMILES string of the molecule is CC[n+]1ccnn1C. The topological polar surface area (TPSA) is 21.7 Å². The van der Waals surface area contributed by atoms with Crippen LogP contribution in [0.15, 0.2) is 12.4 Å². The molecule has 0 amide bonds. The largest absolute Gasteiger partial charge is 0.206 e. The summed E-state index contributed by atoms with van der Waals surface area (Å²) in [6.45, 7) is 3.07. The van der Waals surface area contributed by atoms with E-state index in [-0.39, 0.29) is 0 Å². The van der Waals surface area contributed by atoms with Gasteiger partial charge in [0, 0.05) is 5.10 Å². The third kappa shape index (κ3) is 0.710. The molecule has 0 N–H and O–H groups in total. The summed E-state index contributed by atoms with van der Waals surface area (Å²) in [7, 11) is 1.92. The van der Waals surface area contributed by atoms with Gasteiger partial charge in [0.2, 0.25) is 6.20 Å². The molecule has 3 heteroatoms. The van der Waals surface area contributed by atoms with Crippen LogP contribution in [0, 0.1) is 0 Å². The maximum Gasteiger partial charge on any atom is 0.206 e. The van der Waals surface area contributed by atoms with Crippen LogP contribution < -0.4 is 4.68 Å². The average molecular weight is 112 g/mol. The van der Waals surface area contributed by atoms with Crippen LogP contribution in [0.1, 0.15) is 6.92 Å². The smallest absolute Gasteiger partial charge is 0.161 e. The number of rotatable bonds is 1. The third-order valence-electron chi connectivity index (χ3n) is 1.17. The fourth-order valence-electron chi connectivity index (χ4n) is 0.676. The third-order valence-corrected chi connectivity index (χ3v) is 1.17. The Bertz CT molecular complexity index is 168. The molecule has 8 heavy (non-hydrogen) atoms. The highest BCUT2D eigenvalue weighted by molar-refractivity contribution is 4.49. The normalized spacial score (nSPS) is 9.75. The van der Waals surface area contributed by atoms with Gasteiger partial charge in [0.25, 0.3) is 0 Å². The Morgan fingerprint density at radius 1 is 1.75 bits per heavy atom. The molecule has 1 heterocycles. The number of hydrogen-bond donors (Lipinski definition) is 0. The first-order valence-electron chi connectivity index (χ1n) is 2.72. The molecule has 0 aromatic carbocycles. The lowest BCUT2D eigenvalue weighted by molar-refractivity contribution is -0.774. The fraction of sp³-hybridized carbons (Fsp3) is 0.600. The first-order valence-corrected chi connectivity index (χ1v) is 2.72. The molecule has 0 spiro atoms. The molecule has 1 aromatic heterocycles. The molecule has 44 valence electrons. The Labute approximate surface area is 48.5 Å². The van der Waals surface area contributed by atoms with Crippen LogP contribution in [0.5, 0.6) is 0 Å². The Kier molecular flexibility index (Phi) is 1.28. The Hall–Kier alpha value is -0.860. The summed E-state index contributed by atoms with van der Waals surface area (Å²) in [5.74, 6) is 0. The molecule has 0 atom stereocenters. The summed E-state index contributed by atoms with van der Waals surface area (Å²) in [5, 5.41) is 3.97. The molecule has 1 aromatic rings. The van der Waals surface area contributed by atoms with Gasteiger partial charge in [-0.3, -0.25) is 0 Å². The van der Waals surface area contributed by atoms with Crippen molar-refractivity contribution < 1.29 is 4.68 Å². The van der Waals surface area contributed by atoms with Crippen molar-refractivity contribution in [3.63, 3.8) is 0 Å². The lowest BCUT2D eigenvalue weighted by Crippen LogP contribution is -2.40. The quantitative estimate of drug-likeness (QED) is 0.458. The summed E-state index contributed by atoms with van der Waals surface area (Å²) in [6, 6.07) is 0. The van der Waals surface area contributed by atoms with Crippen LogP contribution in [0.3, 0.4) is 0 Å². The second-order valence-electron chi connectivity index (χ2n) is 1.66. The van der Waals surface area contributed by atoms with Crippen LogP contribution in [0.2, 0.25) is 0 Å². The highest BCUT2D eigenvalue weighted by atomic mass is 15.5. The fourth-order valence-corrected chi connectivity index (χ4v) is 0.676. The first kappa shape index (κ1) is 5.28. The standard InChI is InChI=1S/C5H10N3/c1-3-8-5-4-6-7(8)2/h4-5H,3H2,1-2H3/q+1. The van der Waals surface area contributed by atoms with Crippen LogP contribution in [-0.4, -0.2) is 9.90 Å². The zero-order valence-electron chi connectivity index (χ0n) is 5.20. The number of aromatic nitrogens is 3. The molecule has 0 bridgehead atoms. The number of aryl methyl sites for hydroxylation is 2. The van der Waals surface area contributed by atoms with E-state index in [1.54, 1.807) is 11.0 Å². The van der Waals surface area contributed by atoms with Crippen molar-refractivity contribution in [3.05, 3.63) is 12.4 Å². The van der Waals surface area contributed by atoms with Crippen molar-refractivity contribution >= 4 is 0 Å². The molecule has 0 unspecified atom stereocenters. The molecule has 0 radical (unpaired) electrons. The second kappa shape index (κ2) is 1.94. The van der Waals surface area contributed by atoms with Crippen molar-refractivity contribution in [1.82, 2.24) is 9.90 Å². The minimum atomic E-state index is 0.983. The van der Waals surface area contributed by atoms with Gasteiger partial charge in [-0.05, 0) is 11.7 Å². The molecule has 3 nitrogen and oxygen atoms in total. The summed E-state index contributed by atoms with van der Waals surface area (Å²) in [6.07, 6.45) is 3.73. The van der Waals surface area contributed by atoms with Crippen molar-refractivity contribution in [2.24, 2.45) is 7.05 Å². The van der Waals surface area contributed by atoms with Gasteiger partial charge in [-0.25, -0.2) is 0 Å². The zero-order valence-corrected chi connectivity index (χ0v) is 5.20. The first-order chi connectivity index (χ1) is 3.84. The maximum absolute atomic E-state index is 3.97. The molecule has 0 saturated carbocycles. The van der Waals surface area contributed by atoms with E-state index in [1.165, 1.54) is 0 Å². The van der Waals surface area contributed by atoms with E-state index in [9.17, 15) is 0 Å². The van der Waals surface area contributed by atoms with Gasteiger partial charge in [0.05, 0.1) is 7.05 Å². The summed E-state index contributed by atoms with van der Waals surface area (Å²) >= 11 is 0. The number of hydrogen-bond acceptors (Lipinski definition) is 1. The minimum Gasteiger partial charge on any atom is -0.161 e. The van der Waals surface area contributed by atoms with Crippen molar-refractivity contribution in [2.45, 2.75) is 13.5 Å². The van der Waals surface area contributed by atoms with Gasteiger partial charge in [0.1, 0.15) is 6.54 Å². The Balaban J connectivity index is 2.92. The zero-order chi connectivity index (χ0) is 5.98. The van der Waals surface area contributed by atoms with Gasteiger partial charge in [-0.2, -0.15) is 4.68 Å². The minimum absolute atomic E-state index is 0.983. The molecule has 0 fully saturated rings. The Morgan fingerprint density at radius 2 is 2.50 bits per heavy atom. The molecule has 0 aliphatic rings. The van der Waals surface area contributed by atoms with Crippen molar-refractivity contribution in [3.8, 4) is 0 Å². The Morgan fingerprint density at radius 3 is 2.75 bits per heavy atom. The van der Waals surface area contributed by atoms with Gasteiger partial charge >= 0.3 is 0 Å². The van der Waals surface area contributed by atoms with Crippen LogP contribution in [0.4, 0.5) is 0 Å². The lowest BCUT2D eigenvalue weighted by Gasteiger charge is -1.87. The summed E-state index contributed by atoms with van der Waals surface area (Å²) < 4.78 is 2.01. The molecule has 1 rings (SSSR count). The lowest BCUT2D eigenvalue weighted by atomic mass is 10.7. The summed E-state index contributed by atoms with van der Waals surface area (Å²) in [5.41, 5.74) is 0. The predicted octanol–water partition coefficient (Wildman–Crippen LogP) is -0.273. The molecule has 0 aliphatic heterocycles. The highest BCUT2D eigenvalue weighted by Gasteiger charge is 1.96. The molecule has 0 aliphatic carbocycles. The van der Waals surface area contributed by atoms with Crippen LogP contribution in [0.25, 0.3) is 0 Å². The van der Waals surface area contributed by atoms with Crippen LogP contribution in [-0.2, 0) is 13.6 Å². The van der Waals surface area contributed by atoms with Crippen LogP contribution >= 0.6 is 0 Å². The molecular formula is C5H10N3+. The highest BCUT2D eigenvalue weighted by Crippen LogP contribution is 1.67. The average Bonchev–Trinajstić information content (AvgIpc) is 2.14. The second-order valence-corrected chi connectivity index (χ2v) is 1.66. The van der Waals surface area contributed by atoms with Gasteiger partial charge in [0.15, 0.2) is 6.20 Å². The van der Waals surface area contributed by atoms with E-state index in [4.69, 9.17) is 0 Å². The van der Waals surface area contributed by atoms with E-state index in [0.29, 0.717) is 0 Å². The maximum atomic E-state index is 3.97. The molecular weight excluding hydrogens is 102 g/mol. The predicted molar refractivity (Wildman–Crippen MR) is 29.1 cm³/mol. The van der Waals surface area contributed by atoms with E-state index in [0.717, 1.165) is 6.54 Å². The van der Waals surface area contributed by atoms with Gasteiger partial charge in [-0.15, -0.1) is 0 Å². The van der Waals surface area contributed by atoms with E-state index in [1.807, 2.05) is 17.9 Å². The monoisotopic (exact) mass is 112 g/mol. The van der Waals surface area contributed by atoms with Gasteiger partial charge < -0.3 is 0 Å². The van der Waals surface area contributed by atoms with Gasteiger partial charge in [-0.1, -0.05) is 0 Å². The summed E-state index contributed by atoms with van der Waals surface area (Å²) in [4.78, 5) is 1.81. The van der Waals surface area contributed by atoms with E-state index < -0.39 is 0 Å².